The smallest absolute Gasteiger partial charge is 0.0607 e. The molecule has 1 aliphatic heterocycles. The summed E-state index contributed by atoms with van der Waals surface area (Å²) < 4.78 is 0. The lowest BCUT2D eigenvalue weighted by atomic mass is 9.87. The summed E-state index contributed by atoms with van der Waals surface area (Å²) in [6.07, 6.45) is 2.74. The zero-order chi connectivity index (χ0) is 18.0. The van der Waals surface area contributed by atoms with Gasteiger partial charge in [0.1, 0.15) is 0 Å². The molecule has 0 radical (unpaired) electrons. The first-order valence-electron chi connectivity index (χ1n) is 8.79. The van der Waals surface area contributed by atoms with Crippen molar-refractivity contribution in [1.29, 1.82) is 0 Å². The number of likely N-dealkylation sites (tertiary alicyclic amines) is 1. The van der Waals surface area contributed by atoms with Gasteiger partial charge in [-0.25, -0.2) is 0 Å². The molecule has 1 aliphatic rings. The summed E-state index contributed by atoms with van der Waals surface area (Å²) in [5.74, 6) is 0. The van der Waals surface area contributed by atoms with Crippen molar-refractivity contribution in [2.45, 2.75) is 45.6 Å². The van der Waals surface area contributed by atoms with Gasteiger partial charge >= 0.3 is 0 Å². The van der Waals surface area contributed by atoms with E-state index < -0.39 is 0 Å². The van der Waals surface area contributed by atoms with Crippen LogP contribution in [0, 0.1) is 0 Å². The third kappa shape index (κ3) is 7.73. The van der Waals surface area contributed by atoms with E-state index >= 15 is 0 Å². The fourth-order valence-corrected chi connectivity index (χ4v) is 2.64. The van der Waals surface area contributed by atoms with Crippen LogP contribution in [0.2, 0.25) is 0 Å². The monoisotopic (exact) mass is 330 g/mol. The highest BCUT2D eigenvalue weighted by Gasteiger charge is 2.12. The molecule has 0 atom stereocenters. The van der Waals surface area contributed by atoms with E-state index in [9.17, 15) is 0 Å². The number of hydrazone groups is 1. The van der Waals surface area contributed by atoms with Crippen molar-refractivity contribution in [3.8, 4) is 0 Å². The summed E-state index contributed by atoms with van der Waals surface area (Å²) in [5.41, 5.74) is 2.85. The van der Waals surface area contributed by atoms with Gasteiger partial charge in [-0.05, 0) is 49.2 Å². The van der Waals surface area contributed by atoms with Crippen molar-refractivity contribution in [3.63, 3.8) is 0 Å². The first-order chi connectivity index (χ1) is 11.4. The Labute approximate surface area is 148 Å². The molecule has 0 bridgehead atoms. The van der Waals surface area contributed by atoms with Crippen LogP contribution in [-0.2, 0) is 12.0 Å². The molecular weight excluding hydrogens is 296 g/mol. The Morgan fingerprint density at radius 2 is 1.67 bits per heavy atom. The van der Waals surface area contributed by atoms with E-state index in [0.29, 0.717) is 0 Å². The van der Waals surface area contributed by atoms with Crippen LogP contribution < -0.4 is 0 Å². The van der Waals surface area contributed by atoms with Crippen LogP contribution in [0.3, 0.4) is 0 Å². The van der Waals surface area contributed by atoms with E-state index in [0.717, 1.165) is 19.6 Å². The molecule has 1 aromatic carbocycles. The SMILES string of the molecule is C=NCCN1CCCC1.C=NN(C)Cc1ccc(C(C)(C)C)cc1. The van der Waals surface area contributed by atoms with Gasteiger partial charge in [-0.1, -0.05) is 45.0 Å². The first kappa shape index (κ1) is 20.4. The molecule has 24 heavy (non-hydrogen) atoms. The van der Waals surface area contributed by atoms with Gasteiger partial charge in [0.2, 0.25) is 0 Å². The lowest BCUT2D eigenvalue weighted by Crippen LogP contribution is -2.22. The van der Waals surface area contributed by atoms with Gasteiger partial charge in [0.15, 0.2) is 0 Å². The molecule has 4 nitrogen and oxygen atoms in total. The number of rotatable bonds is 6. The number of nitrogens with zero attached hydrogens (tertiary/aromatic N) is 4. The van der Waals surface area contributed by atoms with Crippen molar-refractivity contribution < 1.29 is 0 Å². The van der Waals surface area contributed by atoms with Crippen LogP contribution in [0.1, 0.15) is 44.7 Å². The normalized spacial score (nSPS) is 14.7. The molecule has 4 heteroatoms. The highest BCUT2D eigenvalue weighted by molar-refractivity contribution is 5.27. The summed E-state index contributed by atoms with van der Waals surface area (Å²) in [7, 11) is 1.92. The van der Waals surface area contributed by atoms with Gasteiger partial charge in [-0.3, -0.25) is 10.0 Å². The van der Waals surface area contributed by atoms with Crippen molar-refractivity contribution >= 4 is 13.4 Å². The minimum Gasteiger partial charge on any atom is -0.301 e. The maximum absolute atomic E-state index is 3.84. The van der Waals surface area contributed by atoms with Gasteiger partial charge in [0.25, 0.3) is 0 Å². The highest BCUT2D eigenvalue weighted by Crippen LogP contribution is 2.22. The summed E-state index contributed by atoms with van der Waals surface area (Å²) >= 11 is 0. The second kappa shape index (κ2) is 10.2. The van der Waals surface area contributed by atoms with Crippen molar-refractivity contribution in [3.05, 3.63) is 35.4 Å². The molecule has 2 rings (SSSR count). The zero-order valence-corrected chi connectivity index (χ0v) is 16.0. The number of benzene rings is 1. The quantitative estimate of drug-likeness (QED) is 0.586. The van der Waals surface area contributed by atoms with E-state index in [2.05, 4.69) is 73.5 Å². The molecule has 0 spiro atoms. The van der Waals surface area contributed by atoms with Crippen LogP contribution >= 0.6 is 0 Å². The molecule has 0 unspecified atom stereocenters. The topological polar surface area (TPSA) is 31.2 Å². The fourth-order valence-electron chi connectivity index (χ4n) is 2.64. The van der Waals surface area contributed by atoms with E-state index in [4.69, 9.17) is 0 Å². The van der Waals surface area contributed by atoms with Crippen LogP contribution in [0.5, 0.6) is 0 Å². The summed E-state index contributed by atoms with van der Waals surface area (Å²) in [5, 5.41) is 5.66. The zero-order valence-electron chi connectivity index (χ0n) is 16.0. The molecule has 0 saturated carbocycles. The minimum atomic E-state index is 0.223. The van der Waals surface area contributed by atoms with Crippen LogP contribution in [0.15, 0.2) is 34.4 Å². The fraction of sp³-hybridized carbons (Fsp3) is 0.600. The second-order valence-corrected chi connectivity index (χ2v) is 7.40. The Kier molecular flexibility index (Phi) is 8.69. The molecule has 0 aromatic heterocycles. The number of hydrogen-bond acceptors (Lipinski definition) is 4. The van der Waals surface area contributed by atoms with E-state index in [1.807, 2.05) is 12.1 Å². The molecule has 1 aromatic rings. The number of hydrogen-bond donors (Lipinski definition) is 0. The molecule has 1 saturated heterocycles. The Morgan fingerprint density at radius 3 is 2.12 bits per heavy atom. The Hall–Kier alpha value is -1.68. The van der Waals surface area contributed by atoms with Gasteiger partial charge in [-0.15, -0.1) is 0 Å². The summed E-state index contributed by atoms with van der Waals surface area (Å²) in [6, 6.07) is 8.68. The van der Waals surface area contributed by atoms with E-state index in [1.165, 1.54) is 37.1 Å². The molecule has 1 heterocycles. The molecule has 0 N–H and O–H groups in total. The molecule has 0 amide bonds. The Balaban J connectivity index is 0.000000272. The maximum Gasteiger partial charge on any atom is 0.0607 e. The summed E-state index contributed by atoms with van der Waals surface area (Å²) in [6.45, 7) is 19.0. The highest BCUT2D eigenvalue weighted by atomic mass is 15.4. The van der Waals surface area contributed by atoms with Crippen LogP contribution in [0.25, 0.3) is 0 Å². The number of aliphatic imine (C=N–C) groups is 1. The Morgan fingerprint density at radius 1 is 1.08 bits per heavy atom. The van der Waals surface area contributed by atoms with Gasteiger partial charge in [0.05, 0.1) is 13.1 Å². The predicted octanol–water partition coefficient (Wildman–Crippen LogP) is 3.81. The van der Waals surface area contributed by atoms with E-state index in [1.54, 1.807) is 0 Å². The largest absolute Gasteiger partial charge is 0.301 e. The third-order valence-corrected chi connectivity index (χ3v) is 4.25. The molecule has 1 fully saturated rings. The van der Waals surface area contributed by atoms with Crippen LogP contribution in [0.4, 0.5) is 0 Å². The molecule has 0 aliphatic carbocycles. The molecule has 134 valence electrons. The predicted molar refractivity (Wildman–Crippen MR) is 106 cm³/mol. The lowest BCUT2D eigenvalue weighted by molar-refractivity contribution is 0.349. The third-order valence-electron chi connectivity index (χ3n) is 4.25. The van der Waals surface area contributed by atoms with Gasteiger partial charge in [0, 0.05) is 20.3 Å². The molecular formula is C20H34N4. The maximum atomic E-state index is 3.84. The standard InChI is InChI=1S/C13H20N2.C7H14N2/c1-13(2,3)12-8-6-11(7-9-12)10-15(5)14-4;1-8-4-7-9-5-2-3-6-9/h6-9H,4,10H2,1-3,5H3;1-7H2. The Bertz CT molecular complexity index is 481. The lowest BCUT2D eigenvalue weighted by Gasteiger charge is -2.19. The van der Waals surface area contributed by atoms with Crippen LogP contribution in [-0.4, -0.2) is 56.6 Å². The first-order valence-corrected chi connectivity index (χ1v) is 8.79. The van der Waals surface area contributed by atoms with Crippen molar-refractivity contribution in [1.82, 2.24) is 9.91 Å². The average molecular weight is 331 g/mol. The van der Waals surface area contributed by atoms with Crippen molar-refractivity contribution in [2.75, 3.05) is 33.2 Å². The van der Waals surface area contributed by atoms with Crippen molar-refractivity contribution in [2.24, 2.45) is 10.1 Å². The van der Waals surface area contributed by atoms with Gasteiger partial charge < -0.3 is 4.90 Å². The van der Waals surface area contributed by atoms with Gasteiger partial charge in [-0.2, -0.15) is 5.10 Å². The second-order valence-electron chi connectivity index (χ2n) is 7.40. The summed E-state index contributed by atoms with van der Waals surface area (Å²) in [4.78, 5) is 6.25. The minimum absolute atomic E-state index is 0.223. The average Bonchev–Trinajstić information content (AvgIpc) is 3.06. The van der Waals surface area contributed by atoms with E-state index in [-0.39, 0.29) is 5.41 Å².